The van der Waals surface area contributed by atoms with Gasteiger partial charge in [0, 0.05) is 35.5 Å². The highest BCUT2D eigenvalue weighted by Crippen LogP contribution is 2.22. The lowest BCUT2D eigenvalue weighted by atomic mass is 10.2. The van der Waals surface area contributed by atoms with Crippen LogP contribution in [0.2, 0.25) is 0 Å². The number of hydrogen-bond donors (Lipinski definition) is 2. The molecule has 2 aromatic rings. The largest absolute Gasteiger partial charge is 0.366 e. The van der Waals surface area contributed by atoms with Crippen LogP contribution in [0.15, 0.2) is 22.8 Å². The summed E-state index contributed by atoms with van der Waals surface area (Å²) in [5.41, 5.74) is 0. The van der Waals surface area contributed by atoms with Crippen molar-refractivity contribution in [2.75, 3.05) is 17.7 Å². The minimum absolute atomic E-state index is 0.314. The number of thiophene rings is 1. The Labute approximate surface area is 125 Å². The average molecular weight is 341 g/mol. The van der Waals surface area contributed by atoms with E-state index in [0.29, 0.717) is 12.0 Å². The van der Waals surface area contributed by atoms with E-state index in [2.05, 4.69) is 62.5 Å². The van der Waals surface area contributed by atoms with E-state index in [1.807, 2.05) is 18.4 Å². The van der Waals surface area contributed by atoms with Crippen molar-refractivity contribution in [3.63, 3.8) is 0 Å². The normalized spacial score (nSPS) is 12.2. The maximum atomic E-state index is 4.40. The van der Waals surface area contributed by atoms with Gasteiger partial charge in [0.25, 0.3) is 0 Å². The number of hydrogen-bond acceptors (Lipinski definition) is 5. The quantitative estimate of drug-likeness (QED) is 0.871. The molecule has 0 aromatic carbocycles. The van der Waals surface area contributed by atoms with E-state index < -0.39 is 0 Å². The summed E-state index contributed by atoms with van der Waals surface area (Å²) >= 11 is 5.31. The highest BCUT2D eigenvalue weighted by molar-refractivity contribution is 9.10. The Morgan fingerprint density at radius 3 is 2.84 bits per heavy atom. The molecule has 0 spiro atoms. The van der Waals surface area contributed by atoms with Crippen molar-refractivity contribution in [2.45, 2.75) is 26.3 Å². The topological polar surface area (TPSA) is 49.8 Å². The van der Waals surface area contributed by atoms with Gasteiger partial charge in [0.15, 0.2) is 0 Å². The van der Waals surface area contributed by atoms with E-state index in [-0.39, 0.29) is 0 Å². The molecule has 19 heavy (non-hydrogen) atoms. The minimum atomic E-state index is 0.314. The maximum Gasteiger partial charge on any atom is 0.224 e. The summed E-state index contributed by atoms with van der Waals surface area (Å²) in [6, 6.07) is 4.66. The lowest BCUT2D eigenvalue weighted by Crippen LogP contribution is -2.19. The summed E-state index contributed by atoms with van der Waals surface area (Å²) in [6.07, 6.45) is 2.74. The first kappa shape index (κ1) is 14.3. The van der Waals surface area contributed by atoms with Gasteiger partial charge in [-0.3, -0.25) is 0 Å². The Balaban J connectivity index is 2.03. The van der Waals surface area contributed by atoms with Crippen molar-refractivity contribution in [1.82, 2.24) is 9.97 Å². The Morgan fingerprint density at radius 1 is 1.42 bits per heavy atom. The van der Waals surface area contributed by atoms with Crippen molar-refractivity contribution in [1.29, 1.82) is 0 Å². The monoisotopic (exact) mass is 340 g/mol. The van der Waals surface area contributed by atoms with Crippen molar-refractivity contribution in [3.8, 4) is 0 Å². The average Bonchev–Trinajstić information content (AvgIpc) is 2.77. The molecule has 4 nitrogen and oxygen atoms in total. The molecule has 0 radical (unpaired) electrons. The molecule has 1 atom stereocenters. The summed E-state index contributed by atoms with van der Waals surface area (Å²) in [5.74, 6) is 1.44. The number of nitrogens with one attached hydrogen (secondary N) is 2. The third-order valence-electron chi connectivity index (χ3n) is 2.65. The number of anilines is 2. The Morgan fingerprint density at radius 2 is 2.21 bits per heavy atom. The van der Waals surface area contributed by atoms with Gasteiger partial charge >= 0.3 is 0 Å². The number of halogens is 1. The van der Waals surface area contributed by atoms with E-state index in [4.69, 9.17) is 0 Å². The fourth-order valence-electron chi connectivity index (χ4n) is 1.77. The number of nitrogens with zero attached hydrogens (tertiary/aromatic N) is 2. The molecular weight excluding hydrogens is 324 g/mol. The second-order valence-electron chi connectivity index (χ2n) is 4.40. The summed E-state index contributed by atoms with van der Waals surface area (Å²) in [5, 5.41) is 6.35. The van der Waals surface area contributed by atoms with E-state index in [0.717, 1.165) is 16.7 Å². The summed E-state index contributed by atoms with van der Waals surface area (Å²) < 4.78 is 0.876. The SMILES string of the molecule is CNc1ncc(Br)c(NC(C)Cc2ccc(C)s2)n1. The van der Waals surface area contributed by atoms with Crippen LogP contribution >= 0.6 is 27.3 Å². The van der Waals surface area contributed by atoms with Gasteiger partial charge in [-0.1, -0.05) is 0 Å². The standard InChI is InChI=1S/C13H17BrN4S/c1-8(6-10-5-4-9(2)19-10)17-12-11(14)7-16-13(15-3)18-12/h4-5,7-8H,6H2,1-3H3,(H2,15,16,17,18). The molecule has 0 fully saturated rings. The first-order valence-corrected chi connectivity index (χ1v) is 7.71. The molecule has 0 saturated heterocycles. The molecule has 0 aliphatic heterocycles. The van der Waals surface area contributed by atoms with E-state index >= 15 is 0 Å². The lowest BCUT2D eigenvalue weighted by molar-refractivity contribution is 0.792. The van der Waals surface area contributed by atoms with Crippen LogP contribution in [0.3, 0.4) is 0 Å². The predicted octanol–water partition coefficient (Wildman–Crippen LogP) is 3.69. The zero-order valence-electron chi connectivity index (χ0n) is 11.2. The van der Waals surface area contributed by atoms with E-state index in [1.54, 1.807) is 6.20 Å². The predicted molar refractivity (Wildman–Crippen MR) is 85.1 cm³/mol. The van der Waals surface area contributed by atoms with Crippen LogP contribution in [0.4, 0.5) is 11.8 Å². The maximum absolute atomic E-state index is 4.40. The molecule has 0 bridgehead atoms. The van der Waals surface area contributed by atoms with Gasteiger partial charge in [-0.15, -0.1) is 11.3 Å². The third kappa shape index (κ3) is 3.91. The fraction of sp³-hybridized carbons (Fsp3) is 0.385. The van der Waals surface area contributed by atoms with Crippen molar-refractivity contribution in [3.05, 3.63) is 32.6 Å². The van der Waals surface area contributed by atoms with Crippen molar-refractivity contribution in [2.24, 2.45) is 0 Å². The third-order valence-corrected chi connectivity index (χ3v) is 4.26. The first-order valence-electron chi connectivity index (χ1n) is 6.10. The summed E-state index contributed by atoms with van der Waals surface area (Å²) in [7, 11) is 1.81. The molecule has 6 heteroatoms. The zero-order chi connectivity index (χ0) is 13.8. The van der Waals surface area contributed by atoms with Crippen LogP contribution in [0.5, 0.6) is 0 Å². The number of rotatable bonds is 5. The Hall–Kier alpha value is -1.14. The molecule has 2 aromatic heterocycles. The molecule has 102 valence electrons. The molecule has 2 N–H and O–H groups in total. The van der Waals surface area contributed by atoms with Gasteiger partial charge in [-0.2, -0.15) is 4.98 Å². The molecule has 0 saturated carbocycles. The smallest absolute Gasteiger partial charge is 0.224 e. The molecule has 2 rings (SSSR count). The number of aryl methyl sites for hydroxylation is 1. The zero-order valence-corrected chi connectivity index (χ0v) is 13.6. The van der Waals surface area contributed by atoms with Crippen molar-refractivity contribution >= 4 is 39.0 Å². The molecule has 0 aliphatic carbocycles. The van der Waals surface area contributed by atoms with Gasteiger partial charge < -0.3 is 10.6 Å². The second-order valence-corrected chi connectivity index (χ2v) is 6.63. The van der Waals surface area contributed by atoms with Crippen LogP contribution in [0.25, 0.3) is 0 Å². The molecule has 1 unspecified atom stereocenters. The molecular formula is C13H17BrN4S. The van der Waals surface area contributed by atoms with Crippen molar-refractivity contribution < 1.29 is 0 Å². The van der Waals surface area contributed by atoms with E-state index in [9.17, 15) is 0 Å². The van der Waals surface area contributed by atoms with Crippen LogP contribution < -0.4 is 10.6 Å². The van der Waals surface area contributed by atoms with Gasteiger partial charge in [0.05, 0.1) is 4.47 Å². The van der Waals surface area contributed by atoms with Crippen LogP contribution in [0.1, 0.15) is 16.7 Å². The minimum Gasteiger partial charge on any atom is -0.366 e. The lowest BCUT2D eigenvalue weighted by Gasteiger charge is -2.15. The van der Waals surface area contributed by atoms with Gasteiger partial charge in [-0.25, -0.2) is 4.98 Å². The molecule has 2 heterocycles. The van der Waals surface area contributed by atoms with Gasteiger partial charge in [0.1, 0.15) is 5.82 Å². The first-order chi connectivity index (χ1) is 9.08. The summed E-state index contributed by atoms with van der Waals surface area (Å²) in [6.45, 7) is 4.29. The highest BCUT2D eigenvalue weighted by atomic mass is 79.9. The fourth-order valence-corrected chi connectivity index (χ4v) is 3.09. The number of aromatic nitrogens is 2. The second kappa shape index (κ2) is 6.34. The van der Waals surface area contributed by atoms with Crippen LogP contribution in [-0.4, -0.2) is 23.1 Å². The van der Waals surface area contributed by atoms with E-state index in [1.165, 1.54) is 9.75 Å². The highest BCUT2D eigenvalue weighted by Gasteiger charge is 2.09. The van der Waals surface area contributed by atoms with Gasteiger partial charge in [-0.05, 0) is 41.9 Å². The Bertz CT molecular complexity index is 555. The van der Waals surface area contributed by atoms with Crippen LogP contribution in [0, 0.1) is 6.92 Å². The molecule has 0 amide bonds. The Kier molecular flexibility index (Phi) is 4.76. The summed E-state index contributed by atoms with van der Waals surface area (Å²) in [4.78, 5) is 11.3. The molecule has 0 aliphatic rings. The van der Waals surface area contributed by atoms with Gasteiger partial charge in [0.2, 0.25) is 5.95 Å². The van der Waals surface area contributed by atoms with Crippen LogP contribution in [-0.2, 0) is 6.42 Å².